The van der Waals surface area contributed by atoms with Crippen molar-refractivity contribution in [2.24, 2.45) is 17.3 Å². The zero-order chi connectivity index (χ0) is 9.19. The predicted molar refractivity (Wildman–Crippen MR) is 55.1 cm³/mol. The Balaban J connectivity index is 0.000000130. The van der Waals surface area contributed by atoms with E-state index in [0.717, 1.165) is 11.8 Å². The van der Waals surface area contributed by atoms with Crippen molar-refractivity contribution in [3.63, 3.8) is 0 Å². The highest BCUT2D eigenvalue weighted by atomic mass is 14.3. The molecule has 0 aromatic rings. The lowest BCUT2D eigenvalue weighted by molar-refractivity contribution is 0.469. The molecular weight excluding hydrogens is 144 g/mol. The van der Waals surface area contributed by atoms with E-state index < -0.39 is 0 Å². The van der Waals surface area contributed by atoms with Crippen molar-refractivity contribution >= 4 is 0 Å². The molecule has 70 valence electrons. The fraction of sp³-hybridized carbons (Fsp3) is 0.833. The van der Waals surface area contributed by atoms with Crippen LogP contribution in [0.1, 0.15) is 47.0 Å². The first kappa shape index (κ1) is 9.83. The van der Waals surface area contributed by atoms with Gasteiger partial charge in [-0.15, -0.1) is 0 Å². The normalized spacial score (nSPS) is 31.7. The molecule has 0 spiro atoms. The summed E-state index contributed by atoms with van der Waals surface area (Å²) in [5.41, 5.74) is 0.500. The van der Waals surface area contributed by atoms with Crippen molar-refractivity contribution < 1.29 is 0 Å². The Bertz CT molecular complexity index is 141. The Morgan fingerprint density at radius 3 is 1.33 bits per heavy atom. The standard InChI is InChI=1S/C7H10.C5H12/c1-2-7-4-3-6(1)5-7;1-5(2,3)4/h1-2,6-7H,3-5H2;1-4H3. The molecule has 0 nitrogen and oxygen atoms in total. The summed E-state index contributed by atoms with van der Waals surface area (Å²) in [4.78, 5) is 0. The molecule has 0 heteroatoms. The van der Waals surface area contributed by atoms with Crippen LogP contribution in [0.5, 0.6) is 0 Å². The zero-order valence-electron chi connectivity index (χ0n) is 8.93. The van der Waals surface area contributed by atoms with Crippen LogP contribution in [-0.2, 0) is 0 Å². The lowest BCUT2D eigenvalue weighted by atomic mass is 10.0. The SMILES string of the molecule is C1=CC2CCC1C2.CC(C)(C)C. The summed E-state index contributed by atoms with van der Waals surface area (Å²) in [7, 11) is 0. The number of hydrogen-bond acceptors (Lipinski definition) is 0. The van der Waals surface area contributed by atoms with Gasteiger partial charge in [-0.1, -0.05) is 39.8 Å². The van der Waals surface area contributed by atoms with Crippen molar-refractivity contribution in [1.29, 1.82) is 0 Å². The third kappa shape index (κ3) is 3.94. The second-order valence-corrected chi connectivity index (χ2v) is 5.72. The molecule has 12 heavy (non-hydrogen) atoms. The molecule has 0 aliphatic heterocycles. The van der Waals surface area contributed by atoms with Gasteiger partial charge in [-0.25, -0.2) is 0 Å². The molecule has 1 saturated carbocycles. The minimum absolute atomic E-state index is 0.500. The molecule has 2 bridgehead atoms. The van der Waals surface area contributed by atoms with E-state index in [-0.39, 0.29) is 0 Å². The Labute approximate surface area is 77.1 Å². The maximum absolute atomic E-state index is 2.38. The summed E-state index contributed by atoms with van der Waals surface area (Å²) >= 11 is 0. The monoisotopic (exact) mass is 166 g/mol. The molecular formula is C12H22. The first-order valence-corrected chi connectivity index (χ1v) is 5.13. The van der Waals surface area contributed by atoms with Gasteiger partial charge < -0.3 is 0 Å². The molecule has 2 atom stereocenters. The van der Waals surface area contributed by atoms with Gasteiger partial charge in [0.1, 0.15) is 0 Å². The van der Waals surface area contributed by atoms with E-state index in [4.69, 9.17) is 0 Å². The van der Waals surface area contributed by atoms with Gasteiger partial charge in [-0.2, -0.15) is 0 Å². The van der Waals surface area contributed by atoms with Crippen molar-refractivity contribution in [2.45, 2.75) is 47.0 Å². The third-order valence-electron chi connectivity index (χ3n) is 2.17. The lowest BCUT2D eigenvalue weighted by Crippen LogP contribution is -1.93. The zero-order valence-corrected chi connectivity index (χ0v) is 8.93. The maximum atomic E-state index is 2.38. The van der Waals surface area contributed by atoms with Gasteiger partial charge in [0.2, 0.25) is 0 Å². The van der Waals surface area contributed by atoms with Gasteiger partial charge >= 0.3 is 0 Å². The van der Waals surface area contributed by atoms with Crippen molar-refractivity contribution in [3.05, 3.63) is 12.2 Å². The van der Waals surface area contributed by atoms with Crippen LogP contribution in [0.15, 0.2) is 12.2 Å². The van der Waals surface area contributed by atoms with Crippen LogP contribution in [-0.4, -0.2) is 0 Å². The largest absolute Gasteiger partial charge is 0.0851 e. The smallest absolute Gasteiger partial charge is 0.0228 e. The van der Waals surface area contributed by atoms with Crippen molar-refractivity contribution in [3.8, 4) is 0 Å². The number of rotatable bonds is 0. The van der Waals surface area contributed by atoms with Gasteiger partial charge in [-0.3, -0.25) is 0 Å². The fourth-order valence-electron chi connectivity index (χ4n) is 1.72. The van der Waals surface area contributed by atoms with E-state index in [0.29, 0.717) is 5.41 Å². The predicted octanol–water partition coefficient (Wildman–Crippen LogP) is 4.02. The highest BCUT2D eigenvalue weighted by molar-refractivity contribution is 5.06. The number of allylic oxidation sites excluding steroid dienone is 2. The molecule has 0 heterocycles. The Kier molecular flexibility index (Phi) is 2.98. The lowest BCUT2D eigenvalue weighted by Gasteiger charge is -2.05. The summed E-state index contributed by atoms with van der Waals surface area (Å²) in [6, 6.07) is 0. The van der Waals surface area contributed by atoms with E-state index in [9.17, 15) is 0 Å². The van der Waals surface area contributed by atoms with E-state index in [1.807, 2.05) is 0 Å². The quantitative estimate of drug-likeness (QED) is 0.477. The van der Waals surface area contributed by atoms with Crippen LogP contribution >= 0.6 is 0 Å². The van der Waals surface area contributed by atoms with Crippen LogP contribution in [0.3, 0.4) is 0 Å². The highest BCUT2D eigenvalue weighted by Gasteiger charge is 2.25. The Hall–Kier alpha value is -0.260. The summed E-state index contributed by atoms with van der Waals surface area (Å²) < 4.78 is 0. The first-order valence-electron chi connectivity index (χ1n) is 5.13. The van der Waals surface area contributed by atoms with Gasteiger partial charge in [0.05, 0.1) is 0 Å². The van der Waals surface area contributed by atoms with Gasteiger partial charge in [0, 0.05) is 0 Å². The van der Waals surface area contributed by atoms with E-state index >= 15 is 0 Å². The molecule has 0 aromatic heterocycles. The van der Waals surface area contributed by atoms with Gasteiger partial charge in [0.25, 0.3) is 0 Å². The van der Waals surface area contributed by atoms with Crippen LogP contribution in [0.2, 0.25) is 0 Å². The molecule has 0 amide bonds. The molecule has 0 saturated heterocycles. The Morgan fingerprint density at radius 2 is 1.25 bits per heavy atom. The summed E-state index contributed by atoms with van der Waals surface area (Å²) in [5.74, 6) is 1.98. The molecule has 2 aliphatic rings. The van der Waals surface area contributed by atoms with Crippen molar-refractivity contribution in [2.75, 3.05) is 0 Å². The number of fused-ring (bicyclic) bond motifs is 2. The summed E-state index contributed by atoms with van der Waals surface area (Å²) in [5, 5.41) is 0. The first-order chi connectivity index (χ1) is 5.45. The fourth-order valence-corrected chi connectivity index (χ4v) is 1.72. The molecule has 0 aromatic carbocycles. The summed E-state index contributed by atoms with van der Waals surface area (Å²) in [6.07, 6.45) is 9.19. The average molecular weight is 166 g/mol. The highest BCUT2D eigenvalue weighted by Crippen LogP contribution is 2.38. The van der Waals surface area contributed by atoms with Crippen molar-refractivity contribution in [1.82, 2.24) is 0 Å². The van der Waals surface area contributed by atoms with Crippen LogP contribution in [0.25, 0.3) is 0 Å². The van der Waals surface area contributed by atoms with Gasteiger partial charge in [-0.05, 0) is 36.5 Å². The Morgan fingerprint density at radius 1 is 0.917 bits per heavy atom. The topological polar surface area (TPSA) is 0 Å². The molecule has 0 N–H and O–H groups in total. The second kappa shape index (κ2) is 3.64. The number of hydrogen-bond donors (Lipinski definition) is 0. The van der Waals surface area contributed by atoms with Gasteiger partial charge in [0.15, 0.2) is 0 Å². The minimum Gasteiger partial charge on any atom is -0.0851 e. The molecule has 0 radical (unpaired) electrons. The average Bonchev–Trinajstić information content (AvgIpc) is 2.42. The second-order valence-electron chi connectivity index (χ2n) is 5.72. The van der Waals surface area contributed by atoms with E-state index in [1.165, 1.54) is 19.3 Å². The van der Waals surface area contributed by atoms with E-state index in [1.54, 1.807) is 0 Å². The summed E-state index contributed by atoms with van der Waals surface area (Å²) in [6.45, 7) is 8.75. The van der Waals surface area contributed by atoms with Crippen LogP contribution in [0, 0.1) is 17.3 Å². The molecule has 2 aliphatic carbocycles. The maximum Gasteiger partial charge on any atom is -0.0228 e. The van der Waals surface area contributed by atoms with E-state index in [2.05, 4.69) is 39.8 Å². The molecule has 1 fully saturated rings. The minimum atomic E-state index is 0.500. The third-order valence-corrected chi connectivity index (χ3v) is 2.17. The van der Waals surface area contributed by atoms with Crippen LogP contribution in [0.4, 0.5) is 0 Å². The van der Waals surface area contributed by atoms with Crippen LogP contribution < -0.4 is 0 Å². The molecule has 2 unspecified atom stereocenters. The molecule has 2 rings (SSSR count).